The van der Waals surface area contributed by atoms with Gasteiger partial charge in [-0.25, -0.2) is 4.39 Å². The number of nitrogens with one attached hydrogen (secondary N) is 1. The van der Waals surface area contributed by atoms with E-state index in [0.29, 0.717) is 0 Å². The van der Waals surface area contributed by atoms with E-state index in [1.165, 1.54) is 23.5 Å². The SMILES string of the molecule is Fc1cccc(NCCSc2nncs2)c1. The summed E-state index contributed by atoms with van der Waals surface area (Å²) < 4.78 is 13.8. The number of anilines is 1. The van der Waals surface area contributed by atoms with Crippen LogP contribution in [0.2, 0.25) is 0 Å². The molecule has 0 fully saturated rings. The number of hydrogen-bond acceptors (Lipinski definition) is 5. The normalized spacial score (nSPS) is 10.3. The van der Waals surface area contributed by atoms with E-state index in [-0.39, 0.29) is 5.82 Å². The Kier molecular flexibility index (Phi) is 4.12. The van der Waals surface area contributed by atoms with Crippen LogP contribution in [-0.2, 0) is 0 Å². The number of hydrogen-bond donors (Lipinski definition) is 1. The number of halogens is 1. The molecule has 3 nitrogen and oxygen atoms in total. The molecular formula is C10H10FN3S2. The van der Waals surface area contributed by atoms with Crippen molar-refractivity contribution in [1.29, 1.82) is 0 Å². The third-order valence-corrected chi connectivity index (χ3v) is 3.68. The summed E-state index contributed by atoms with van der Waals surface area (Å²) in [6.45, 7) is 0.772. The molecule has 0 aliphatic rings. The van der Waals surface area contributed by atoms with E-state index in [4.69, 9.17) is 0 Å². The third-order valence-electron chi connectivity index (χ3n) is 1.82. The molecular weight excluding hydrogens is 245 g/mol. The summed E-state index contributed by atoms with van der Waals surface area (Å²) in [5, 5.41) is 10.8. The van der Waals surface area contributed by atoms with Gasteiger partial charge in [0.05, 0.1) is 0 Å². The first kappa shape index (κ1) is 11.3. The van der Waals surface area contributed by atoms with E-state index in [2.05, 4.69) is 15.5 Å². The quantitative estimate of drug-likeness (QED) is 0.658. The number of benzene rings is 1. The van der Waals surface area contributed by atoms with Crippen LogP contribution < -0.4 is 5.32 Å². The molecule has 1 aromatic carbocycles. The Hall–Kier alpha value is -1.14. The topological polar surface area (TPSA) is 37.8 Å². The van der Waals surface area contributed by atoms with Crippen molar-refractivity contribution >= 4 is 28.8 Å². The monoisotopic (exact) mass is 255 g/mol. The molecule has 84 valence electrons. The highest BCUT2D eigenvalue weighted by Gasteiger charge is 1.97. The van der Waals surface area contributed by atoms with E-state index in [1.54, 1.807) is 23.3 Å². The molecule has 0 spiro atoms. The van der Waals surface area contributed by atoms with E-state index in [9.17, 15) is 4.39 Å². The average Bonchev–Trinajstić information content (AvgIpc) is 2.77. The van der Waals surface area contributed by atoms with Crippen molar-refractivity contribution in [1.82, 2.24) is 10.2 Å². The van der Waals surface area contributed by atoms with Crippen molar-refractivity contribution in [2.24, 2.45) is 0 Å². The zero-order valence-corrected chi connectivity index (χ0v) is 10.0. The molecule has 6 heteroatoms. The second kappa shape index (κ2) is 5.81. The van der Waals surface area contributed by atoms with Crippen molar-refractivity contribution in [3.05, 3.63) is 35.6 Å². The Balaban J connectivity index is 1.72. The second-order valence-electron chi connectivity index (χ2n) is 2.99. The lowest BCUT2D eigenvalue weighted by Crippen LogP contribution is -2.03. The maximum Gasteiger partial charge on any atom is 0.174 e. The van der Waals surface area contributed by atoms with E-state index >= 15 is 0 Å². The lowest BCUT2D eigenvalue weighted by Gasteiger charge is -2.04. The molecule has 0 aliphatic carbocycles. The zero-order valence-electron chi connectivity index (χ0n) is 8.39. The minimum atomic E-state index is -0.221. The average molecular weight is 255 g/mol. The standard InChI is InChI=1S/C10H10FN3S2/c11-8-2-1-3-9(6-8)12-4-5-15-10-14-13-7-16-10/h1-3,6-7,12H,4-5H2. The van der Waals surface area contributed by atoms with Crippen molar-refractivity contribution in [2.45, 2.75) is 4.34 Å². The van der Waals surface area contributed by atoms with E-state index in [0.717, 1.165) is 22.3 Å². The molecule has 1 N–H and O–H groups in total. The fraction of sp³-hybridized carbons (Fsp3) is 0.200. The Bertz CT molecular complexity index is 433. The van der Waals surface area contributed by atoms with Crippen molar-refractivity contribution < 1.29 is 4.39 Å². The maximum absolute atomic E-state index is 12.8. The predicted octanol–water partition coefficient (Wildman–Crippen LogP) is 2.88. The molecule has 0 bridgehead atoms. The highest BCUT2D eigenvalue weighted by atomic mass is 32.2. The van der Waals surface area contributed by atoms with Gasteiger partial charge in [0.15, 0.2) is 4.34 Å². The summed E-state index contributed by atoms with van der Waals surface area (Å²) in [5.41, 5.74) is 2.51. The Morgan fingerprint density at radius 1 is 1.44 bits per heavy atom. The van der Waals surface area contributed by atoms with E-state index < -0.39 is 0 Å². The van der Waals surface area contributed by atoms with Crippen molar-refractivity contribution in [3.63, 3.8) is 0 Å². The summed E-state index contributed by atoms with van der Waals surface area (Å²) in [4.78, 5) is 0. The Labute approximate surface area is 101 Å². The smallest absolute Gasteiger partial charge is 0.174 e. The van der Waals surface area contributed by atoms with Gasteiger partial charge in [-0.2, -0.15) is 0 Å². The van der Waals surface area contributed by atoms with Crippen LogP contribution in [0.1, 0.15) is 0 Å². The van der Waals surface area contributed by atoms with Crippen LogP contribution in [0.3, 0.4) is 0 Å². The highest BCUT2D eigenvalue weighted by molar-refractivity contribution is 8.01. The van der Waals surface area contributed by atoms with Gasteiger partial charge in [0.2, 0.25) is 0 Å². The van der Waals surface area contributed by atoms with Gasteiger partial charge < -0.3 is 5.32 Å². The predicted molar refractivity (Wildman–Crippen MR) is 65.5 cm³/mol. The van der Waals surface area contributed by atoms with Crippen molar-refractivity contribution in [2.75, 3.05) is 17.6 Å². The highest BCUT2D eigenvalue weighted by Crippen LogP contribution is 2.18. The lowest BCUT2D eigenvalue weighted by molar-refractivity contribution is 0.628. The van der Waals surface area contributed by atoms with Gasteiger partial charge in [-0.05, 0) is 18.2 Å². The van der Waals surface area contributed by atoms with Crippen LogP contribution in [0, 0.1) is 5.82 Å². The molecule has 1 heterocycles. The summed E-state index contributed by atoms with van der Waals surface area (Å²) in [5.74, 6) is 0.660. The van der Waals surface area contributed by atoms with Gasteiger partial charge in [-0.3, -0.25) is 0 Å². The summed E-state index contributed by atoms with van der Waals surface area (Å²) in [7, 11) is 0. The van der Waals surface area contributed by atoms with Crippen LogP contribution in [-0.4, -0.2) is 22.5 Å². The molecule has 0 amide bonds. The first-order valence-electron chi connectivity index (χ1n) is 4.73. The van der Waals surface area contributed by atoms with Crippen LogP contribution in [0.15, 0.2) is 34.1 Å². The van der Waals surface area contributed by atoms with Crippen molar-refractivity contribution in [3.8, 4) is 0 Å². The molecule has 0 atom stereocenters. The first-order chi connectivity index (χ1) is 7.84. The summed E-state index contributed by atoms with van der Waals surface area (Å²) in [6, 6.07) is 6.45. The van der Waals surface area contributed by atoms with Crippen LogP contribution in [0.25, 0.3) is 0 Å². The molecule has 0 unspecified atom stereocenters. The number of rotatable bonds is 5. The molecule has 2 aromatic rings. The molecule has 0 saturated heterocycles. The maximum atomic E-state index is 12.8. The second-order valence-corrected chi connectivity index (χ2v) is 5.17. The van der Waals surface area contributed by atoms with Gasteiger partial charge >= 0.3 is 0 Å². The Morgan fingerprint density at radius 2 is 2.38 bits per heavy atom. The van der Waals surface area contributed by atoms with Crippen LogP contribution >= 0.6 is 23.1 Å². The third kappa shape index (κ3) is 3.46. The lowest BCUT2D eigenvalue weighted by atomic mass is 10.3. The first-order valence-corrected chi connectivity index (χ1v) is 6.59. The largest absolute Gasteiger partial charge is 0.384 e. The number of thioether (sulfide) groups is 1. The molecule has 0 radical (unpaired) electrons. The number of aromatic nitrogens is 2. The zero-order chi connectivity index (χ0) is 11.2. The fourth-order valence-corrected chi connectivity index (χ4v) is 2.57. The summed E-state index contributed by atoms with van der Waals surface area (Å²) >= 11 is 3.16. The van der Waals surface area contributed by atoms with Gasteiger partial charge in [-0.15, -0.1) is 10.2 Å². The molecule has 2 rings (SSSR count). The van der Waals surface area contributed by atoms with Gasteiger partial charge in [0.1, 0.15) is 11.3 Å². The van der Waals surface area contributed by atoms with Crippen LogP contribution in [0.4, 0.5) is 10.1 Å². The minimum absolute atomic E-state index is 0.221. The molecule has 0 saturated carbocycles. The molecule has 16 heavy (non-hydrogen) atoms. The molecule has 0 aliphatic heterocycles. The van der Waals surface area contributed by atoms with Gasteiger partial charge in [-0.1, -0.05) is 29.2 Å². The molecule has 1 aromatic heterocycles. The van der Waals surface area contributed by atoms with Gasteiger partial charge in [0, 0.05) is 18.0 Å². The van der Waals surface area contributed by atoms with E-state index in [1.807, 2.05) is 6.07 Å². The van der Waals surface area contributed by atoms with Crippen LogP contribution in [0.5, 0.6) is 0 Å². The minimum Gasteiger partial charge on any atom is -0.384 e. The fourth-order valence-electron chi connectivity index (χ4n) is 1.16. The summed E-state index contributed by atoms with van der Waals surface area (Å²) in [6.07, 6.45) is 0. The van der Waals surface area contributed by atoms with Gasteiger partial charge in [0.25, 0.3) is 0 Å². The Morgan fingerprint density at radius 3 is 3.12 bits per heavy atom. The number of nitrogens with zero attached hydrogens (tertiary/aromatic N) is 2.